The fourth-order valence-corrected chi connectivity index (χ4v) is 3.16. The predicted molar refractivity (Wildman–Crippen MR) is 78.7 cm³/mol. The third kappa shape index (κ3) is 1.42. The number of benzene rings is 2. The summed E-state index contributed by atoms with van der Waals surface area (Å²) in [5.74, 6) is 0.423. The van der Waals surface area contributed by atoms with Crippen molar-refractivity contribution >= 4 is 0 Å². The Morgan fingerprint density at radius 3 is 2.42 bits per heavy atom. The lowest BCUT2D eigenvalue weighted by Crippen LogP contribution is -1.99. The molecule has 0 radical (unpaired) electrons. The standard InChI is InChI=1S/C18H15N/c1-13-14-7-2-3-9-16(14)18-11-6-12-19(18)17-10-5-4-8-15(13)17/h2-13H,1H3. The molecule has 0 saturated heterocycles. The Balaban J connectivity index is 2.15. The molecule has 1 aliphatic heterocycles. The van der Waals surface area contributed by atoms with Crippen LogP contribution in [0.1, 0.15) is 24.0 Å². The summed E-state index contributed by atoms with van der Waals surface area (Å²) < 4.78 is 2.30. The molecule has 2 aromatic carbocycles. The fraction of sp³-hybridized carbons (Fsp3) is 0.111. The van der Waals surface area contributed by atoms with Crippen molar-refractivity contribution in [3.05, 3.63) is 78.0 Å². The molecule has 0 spiro atoms. The van der Waals surface area contributed by atoms with E-state index in [1.54, 1.807) is 0 Å². The van der Waals surface area contributed by atoms with Crippen molar-refractivity contribution in [3.8, 4) is 16.9 Å². The van der Waals surface area contributed by atoms with Gasteiger partial charge in [-0.25, -0.2) is 0 Å². The quantitative estimate of drug-likeness (QED) is 0.545. The molecule has 19 heavy (non-hydrogen) atoms. The monoisotopic (exact) mass is 245 g/mol. The molecule has 1 unspecified atom stereocenters. The van der Waals surface area contributed by atoms with Crippen LogP contribution in [0.4, 0.5) is 0 Å². The van der Waals surface area contributed by atoms with Gasteiger partial charge in [0.2, 0.25) is 0 Å². The summed E-state index contributed by atoms with van der Waals surface area (Å²) in [6.45, 7) is 2.30. The number of para-hydroxylation sites is 1. The zero-order valence-electron chi connectivity index (χ0n) is 10.9. The van der Waals surface area contributed by atoms with E-state index in [2.05, 4.69) is 78.4 Å². The molecular weight excluding hydrogens is 230 g/mol. The summed E-state index contributed by atoms with van der Waals surface area (Å²) in [5.41, 5.74) is 6.73. The minimum atomic E-state index is 0.423. The molecule has 0 fully saturated rings. The van der Waals surface area contributed by atoms with Gasteiger partial charge in [0, 0.05) is 23.4 Å². The van der Waals surface area contributed by atoms with E-state index in [1.807, 2.05) is 0 Å². The summed E-state index contributed by atoms with van der Waals surface area (Å²) in [6.07, 6.45) is 2.16. The summed E-state index contributed by atoms with van der Waals surface area (Å²) >= 11 is 0. The summed E-state index contributed by atoms with van der Waals surface area (Å²) in [6, 6.07) is 21.8. The normalized spacial score (nSPS) is 16.2. The van der Waals surface area contributed by atoms with Crippen LogP contribution in [0.2, 0.25) is 0 Å². The van der Waals surface area contributed by atoms with E-state index in [0.717, 1.165) is 0 Å². The maximum absolute atomic E-state index is 2.30. The first-order valence-electron chi connectivity index (χ1n) is 6.72. The predicted octanol–water partition coefficient (Wildman–Crippen LogP) is 4.61. The van der Waals surface area contributed by atoms with Crippen LogP contribution >= 0.6 is 0 Å². The molecule has 92 valence electrons. The molecule has 1 atom stereocenters. The second-order valence-electron chi connectivity index (χ2n) is 5.13. The van der Waals surface area contributed by atoms with E-state index in [9.17, 15) is 0 Å². The van der Waals surface area contributed by atoms with Gasteiger partial charge in [-0.3, -0.25) is 0 Å². The molecule has 0 N–H and O–H groups in total. The van der Waals surface area contributed by atoms with Crippen molar-refractivity contribution in [2.75, 3.05) is 0 Å². The van der Waals surface area contributed by atoms with Gasteiger partial charge in [-0.1, -0.05) is 49.4 Å². The molecular formula is C18H15N. The first-order valence-corrected chi connectivity index (χ1v) is 6.72. The number of rotatable bonds is 0. The van der Waals surface area contributed by atoms with Gasteiger partial charge in [0.1, 0.15) is 0 Å². The van der Waals surface area contributed by atoms with Crippen molar-refractivity contribution in [3.63, 3.8) is 0 Å². The highest BCUT2D eigenvalue weighted by Gasteiger charge is 2.22. The Kier molecular flexibility index (Phi) is 2.16. The summed E-state index contributed by atoms with van der Waals surface area (Å²) in [4.78, 5) is 0. The van der Waals surface area contributed by atoms with E-state index in [0.29, 0.717) is 5.92 Å². The largest absolute Gasteiger partial charge is 0.316 e. The van der Waals surface area contributed by atoms with Crippen molar-refractivity contribution in [2.24, 2.45) is 0 Å². The number of aromatic nitrogens is 1. The van der Waals surface area contributed by atoms with Gasteiger partial charge in [-0.05, 0) is 29.3 Å². The second-order valence-corrected chi connectivity index (χ2v) is 5.13. The Morgan fingerprint density at radius 1 is 0.789 bits per heavy atom. The Labute approximate surface area is 113 Å². The van der Waals surface area contributed by atoms with Crippen LogP contribution < -0.4 is 0 Å². The highest BCUT2D eigenvalue weighted by molar-refractivity contribution is 5.72. The topological polar surface area (TPSA) is 4.93 Å². The number of hydrogen-bond acceptors (Lipinski definition) is 0. The van der Waals surface area contributed by atoms with Crippen LogP contribution in [-0.4, -0.2) is 4.57 Å². The average molecular weight is 245 g/mol. The molecule has 0 amide bonds. The summed E-state index contributed by atoms with van der Waals surface area (Å²) in [5, 5.41) is 0. The molecule has 1 aliphatic rings. The van der Waals surface area contributed by atoms with Crippen LogP contribution in [0.15, 0.2) is 66.9 Å². The highest BCUT2D eigenvalue weighted by Crippen LogP contribution is 2.40. The second kappa shape index (κ2) is 3.86. The van der Waals surface area contributed by atoms with E-state index < -0.39 is 0 Å². The van der Waals surface area contributed by atoms with Crippen LogP contribution in [-0.2, 0) is 0 Å². The first-order chi connectivity index (χ1) is 9.36. The van der Waals surface area contributed by atoms with Crippen LogP contribution in [0.3, 0.4) is 0 Å². The maximum atomic E-state index is 2.30. The van der Waals surface area contributed by atoms with Crippen molar-refractivity contribution in [1.29, 1.82) is 0 Å². The van der Waals surface area contributed by atoms with Gasteiger partial charge in [0.05, 0.1) is 5.69 Å². The zero-order valence-corrected chi connectivity index (χ0v) is 10.9. The molecule has 0 saturated carbocycles. The Morgan fingerprint density at radius 2 is 1.53 bits per heavy atom. The van der Waals surface area contributed by atoms with Gasteiger partial charge in [-0.2, -0.15) is 0 Å². The van der Waals surface area contributed by atoms with E-state index in [-0.39, 0.29) is 0 Å². The smallest absolute Gasteiger partial charge is 0.0531 e. The van der Waals surface area contributed by atoms with Crippen LogP contribution in [0.5, 0.6) is 0 Å². The Bertz CT molecular complexity index is 690. The highest BCUT2D eigenvalue weighted by atomic mass is 15.0. The number of hydrogen-bond donors (Lipinski definition) is 0. The van der Waals surface area contributed by atoms with E-state index in [1.165, 1.54) is 28.1 Å². The molecule has 1 heteroatoms. The third-order valence-electron chi connectivity index (χ3n) is 4.11. The zero-order chi connectivity index (χ0) is 12.8. The van der Waals surface area contributed by atoms with E-state index >= 15 is 0 Å². The molecule has 4 rings (SSSR count). The van der Waals surface area contributed by atoms with Gasteiger partial charge in [-0.15, -0.1) is 0 Å². The third-order valence-corrected chi connectivity index (χ3v) is 4.11. The molecule has 1 nitrogen and oxygen atoms in total. The van der Waals surface area contributed by atoms with Crippen molar-refractivity contribution in [1.82, 2.24) is 4.57 Å². The molecule has 1 aromatic heterocycles. The number of nitrogens with zero attached hydrogens (tertiary/aromatic N) is 1. The average Bonchev–Trinajstić information content (AvgIpc) is 2.92. The number of fused-ring (bicyclic) bond motifs is 5. The lowest BCUT2D eigenvalue weighted by molar-refractivity contribution is 0.917. The first kappa shape index (κ1) is 10.6. The van der Waals surface area contributed by atoms with Crippen LogP contribution in [0.25, 0.3) is 16.9 Å². The molecule has 3 aromatic rings. The van der Waals surface area contributed by atoms with Crippen LogP contribution in [0, 0.1) is 0 Å². The lowest BCUT2D eigenvalue weighted by atomic mass is 9.89. The van der Waals surface area contributed by atoms with Gasteiger partial charge in [0.15, 0.2) is 0 Å². The molecule has 0 bridgehead atoms. The van der Waals surface area contributed by atoms with Gasteiger partial charge < -0.3 is 4.57 Å². The van der Waals surface area contributed by atoms with E-state index in [4.69, 9.17) is 0 Å². The molecule has 2 heterocycles. The lowest BCUT2D eigenvalue weighted by Gasteiger charge is -2.15. The SMILES string of the molecule is CC1c2ccccc2-c2cccn2-c2ccccc21. The maximum Gasteiger partial charge on any atom is 0.0531 e. The minimum absolute atomic E-state index is 0.423. The minimum Gasteiger partial charge on any atom is -0.316 e. The van der Waals surface area contributed by atoms with Gasteiger partial charge >= 0.3 is 0 Å². The van der Waals surface area contributed by atoms with Crippen molar-refractivity contribution in [2.45, 2.75) is 12.8 Å². The van der Waals surface area contributed by atoms with Gasteiger partial charge in [0.25, 0.3) is 0 Å². The fourth-order valence-electron chi connectivity index (χ4n) is 3.16. The Hall–Kier alpha value is -2.28. The summed E-state index contributed by atoms with van der Waals surface area (Å²) in [7, 11) is 0. The molecule has 0 aliphatic carbocycles. The van der Waals surface area contributed by atoms with Crippen molar-refractivity contribution < 1.29 is 0 Å².